The third-order valence-corrected chi connectivity index (χ3v) is 5.93. The third-order valence-electron chi connectivity index (χ3n) is 5.58. The Hall–Kier alpha value is -4.30. The summed E-state index contributed by atoms with van der Waals surface area (Å²) in [6.07, 6.45) is -0.141. The molecule has 4 rings (SSSR count). The number of rotatable bonds is 6. The second-order valence-corrected chi connectivity index (χ2v) is 8.48. The monoisotopic (exact) mass is 493 g/mol. The van der Waals surface area contributed by atoms with Crippen LogP contribution in [-0.4, -0.2) is 37.8 Å². The number of ether oxygens (including phenoxy) is 1. The summed E-state index contributed by atoms with van der Waals surface area (Å²) in [4.78, 5) is 40.5. The minimum Gasteiger partial charge on any atom is -0.441 e. The number of aromatic nitrogens is 4. The lowest BCUT2D eigenvalue weighted by molar-refractivity contribution is -0.139. The summed E-state index contributed by atoms with van der Waals surface area (Å²) < 4.78 is 6.80. The number of aryl methyl sites for hydroxylation is 1. The Morgan fingerprint density at radius 2 is 1.97 bits per heavy atom. The molecule has 0 bridgehead atoms. The van der Waals surface area contributed by atoms with E-state index < -0.39 is 23.5 Å². The number of Topliss-reactive ketones (excluding diaryl/α,β-unsaturated/α-hetero) is 1. The molecule has 35 heavy (non-hydrogen) atoms. The van der Waals surface area contributed by atoms with Gasteiger partial charge in [-0.25, -0.2) is 9.48 Å². The molecule has 3 aromatic rings. The Bertz CT molecular complexity index is 1340. The zero-order chi connectivity index (χ0) is 25.2. The molecule has 11 nitrogen and oxygen atoms in total. The molecule has 2 heterocycles. The Labute approximate surface area is 205 Å². The quantitative estimate of drug-likeness (QED) is 0.527. The van der Waals surface area contributed by atoms with Gasteiger partial charge in [-0.1, -0.05) is 35.0 Å². The molecule has 178 valence electrons. The summed E-state index contributed by atoms with van der Waals surface area (Å²) in [6, 6.07) is 12.1. The normalized spacial score (nSPS) is 14.9. The van der Waals surface area contributed by atoms with Crippen LogP contribution in [0.1, 0.15) is 31.4 Å². The number of nitrogens with zero attached hydrogens (tertiary/aromatic N) is 5. The summed E-state index contributed by atoms with van der Waals surface area (Å²) in [5, 5.41) is 23.0. The summed E-state index contributed by atoms with van der Waals surface area (Å²) in [5.74, 6) is -0.425. The molecule has 2 N–H and O–H groups in total. The maximum atomic E-state index is 12.5. The molecule has 1 saturated carbocycles. The maximum Gasteiger partial charge on any atom is 0.413 e. The highest BCUT2D eigenvalue weighted by Crippen LogP contribution is 2.38. The summed E-state index contributed by atoms with van der Waals surface area (Å²) in [5.41, 5.74) is 0.333. The maximum absolute atomic E-state index is 12.5. The van der Waals surface area contributed by atoms with Crippen LogP contribution in [0.5, 0.6) is 0 Å². The highest BCUT2D eigenvalue weighted by atomic mass is 35.5. The van der Waals surface area contributed by atoms with E-state index in [2.05, 4.69) is 25.9 Å². The predicted molar refractivity (Wildman–Crippen MR) is 125 cm³/mol. The van der Waals surface area contributed by atoms with Gasteiger partial charge in [-0.3, -0.25) is 19.9 Å². The van der Waals surface area contributed by atoms with E-state index in [0.717, 1.165) is 0 Å². The molecule has 2 amide bonds. The molecule has 1 aliphatic rings. The number of hydrogen-bond acceptors (Lipinski definition) is 8. The van der Waals surface area contributed by atoms with Crippen molar-refractivity contribution < 1.29 is 19.1 Å². The van der Waals surface area contributed by atoms with Crippen molar-refractivity contribution >= 4 is 40.9 Å². The first-order valence-electron chi connectivity index (χ1n) is 10.5. The fraction of sp³-hybridized carbons (Fsp3) is 0.261. The van der Waals surface area contributed by atoms with Crippen LogP contribution in [0.2, 0.25) is 5.02 Å². The van der Waals surface area contributed by atoms with Gasteiger partial charge < -0.3 is 10.1 Å². The summed E-state index contributed by atoms with van der Waals surface area (Å²) in [7, 11) is 1.60. The fourth-order valence-electron chi connectivity index (χ4n) is 3.60. The van der Waals surface area contributed by atoms with Crippen LogP contribution < -0.4 is 10.6 Å². The molecule has 0 unspecified atom stereocenters. The van der Waals surface area contributed by atoms with E-state index in [9.17, 15) is 19.6 Å². The SMILES string of the molecule is C[C@@H](OC(=O)Nc1c(-c2ccc(NC(=O)C3(C#N)CC(=O)C3)cn2)nnn1C)c1ccccc1Cl. The van der Waals surface area contributed by atoms with Crippen LogP contribution in [0, 0.1) is 16.7 Å². The van der Waals surface area contributed by atoms with Crippen molar-refractivity contribution in [2.75, 3.05) is 10.6 Å². The Morgan fingerprint density at radius 1 is 1.23 bits per heavy atom. The van der Waals surface area contributed by atoms with Crippen LogP contribution >= 0.6 is 11.6 Å². The van der Waals surface area contributed by atoms with E-state index in [1.54, 1.807) is 50.4 Å². The second-order valence-electron chi connectivity index (χ2n) is 8.08. The van der Waals surface area contributed by atoms with Gasteiger partial charge in [0.05, 0.1) is 23.6 Å². The first-order chi connectivity index (χ1) is 16.7. The van der Waals surface area contributed by atoms with Gasteiger partial charge in [-0.05, 0) is 25.1 Å². The third kappa shape index (κ3) is 4.83. The van der Waals surface area contributed by atoms with Crippen molar-refractivity contribution in [3.05, 3.63) is 53.2 Å². The highest BCUT2D eigenvalue weighted by molar-refractivity contribution is 6.31. The van der Waals surface area contributed by atoms with E-state index in [1.807, 2.05) is 6.07 Å². The smallest absolute Gasteiger partial charge is 0.413 e. The first kappa shape index (κ1) is 23.8. The van der Waals surface area contributed by atoms with Gasteiger partial charge in [0.2, 0.25) is 5.91 Å². The molecular weight excluding hydrogens is 474 g/mol. The zero-order valence-corrected chi connectivity index (χ0v) is 19.5. The van der Waals surface area contributed by atoms with Crippen LogP contribution in [-0.2, 0) is 21.4 Å². The number of pyridine rings is 1. The van der Waals surface area contributed by atoms with Gasteiger partial charge in [-0.15, -0.1) is 5.10 Å². The van der Waals surface area contributed by atoms with Crippen LogP contribution in [0.4, 0.5) is 16.3 Å². The van der Waals surface area contributed by atoms with Crippen LogP contribution in [0.15, 0.2) is 42.6 Å². The number of carbonyl (C=O) groups is 3. The van der Waals surface area contributed by atoms with Gasteiger partial charge in [0.15, 0.2) is 11.5 Å². The Balaban J connectivity index is 1.45. The van der Waals surface area contributed by atoms with E-state index in [4.69, 9.17) is 16.3 Å². The number of carbonyl (C=O) groups excluding carboxylic acids is 3. The fourth-order valence-corrected chi connectivity index (χ4v) is 3.88. The van der Waals surface area contributed by atoms with Crippen molar-refractivity contribution in [3.63, 3.8) is 0 Å². The summed E-state index contributed by atoms with van der Waals surface area (Å²) in [6.45, 7) is 1.70. The van der Waals surface area contributed by atoms with Gasteiger partial charge in [0.1, 0.15) is 17.3 Å². The molecule has 0 radical (unpaired) electrons. The van der Waals surface area contributed by atoms with Crippen LogP contribution in [0.25, 0.3) is 11.4 Å². The largest absolute Gasteiger partial charge is 0.441 e. The van der Waals surface area contributed by atoms with E-state index in [-0.39, 0.29) is 30.1 Å². The number of amides is 2. The average molecular weight is 494 g/mol. The van der Waals surface area contributed by atoms with Crippen molar-refractivity contribution in [1.29, 1.82) is 5.26 Å². The molecule has 1 fully saturated rings. The highest BCUT2D eigenvalue weighted by Gasteiger charge is 2.50. The van der Waals surface area contributed by atoms with Gasteiger partial charge in [0.25, 0.3) is 0 Å². The number of nitrogens with one attached hydrogen (secondary N) is 2. The standard InChI is InChI=1S/C23H20ClN7O4/c1-13(16-5-3-4-6-17(16)24)35-22(34)28-20-19(29-30-31(20)2)18-8-7-14(11-26-18)27-21(33)23(12-25)9-15(32)10-23/h3-8,11,13H,9-10H2,1-2H3,(H,27,33)(H,28,34)/t13-/m1/s1. The Morgan fingerprint density at radius 3 is 2.60 bits per heavy atom. The molecule has 1 aliphatic carbocycles. The van der Waals surface area contributed by atoms with E-state index in [0.29, 0.717) is 22.0 Å². The predicted octanol–water partition coefficient (Wildman–Crippen LogP) is 3.65. The molecule has 0 aliphatic heterocycles. The van der Waals surface area contributed by atoms with Gasteiger partial charge in [-0.2, -0.15) is 5.26 Å². The number of ketones is 1. The van der Waals surface area contributed by atoms with Gasteiger partial charge in [0, 0.05) is 30.5 Å². The van der Waals surface area contributed by atoms with Crippen molar-refractivity contribution in [1.82, 2.24) is 20.0 Å². The van der Waals surface area contributed by atoms with E-state index >= 15 is 0 Å². The molecular formula is C23H20ClN7O4. The number of nitriles is 1. The first-order valence-corrected chi connectivity index (χ1v) is 10.9. The molecule has 12 heteroatoms. The van der Waals surface area contributed by atoms with Crippen molar-refractivity contribution in [2.45, 2.75) is 25.9 Å². The summed E-state index contributed by atoms with van der Waals surface area (Å²) >= 11 is 6.17. The number of benzene rings is 1. The molecule has 1 aromatic carbocycles. The minimum absolute atomic E-state index is 0.0966. The number of halogens is 1. The minimum atomic E-state index is -1.33. The van der Waals surface area contributed by atoms with E-state index in [1.165, 1.54) is 10.9 Å². The molecule has 0 saturated heterocycles. The van der Waals surface area contributed by atoms with Crippen LogP contribution in [0.3, 0.4) is 0 Å². The lowest BCUT2D eigenvalue weighted by Gasteiger charge is -2.31. The molecule has 0 spiro atoms. The Kier molecular flexibility index (Phi) is 6.48. The van der Waals surface area contributed by atoms with Crippen molar-refractivity contribution in [2.24, 2.45) is 12.5 Å². The second kappa shape index (κ2) is 9.52. The lowest BCUT2D eigenvalue weighted by Crippen LogP contribution is -2.46. The lowest BCUT2D eigenvalue weighted by atomic mass is 9.68. The topological polar surface area (TPSA) is 152 Å². The zero-order valence-electron chi connectivity index (χ0n) is 18.8. The molecule has 2 aromatic heterocycles. The number of anilines is 2. The van der Waals surface area contributed by atoms with Crippen molar-refractivity contribution in [3.8, 4) is 17.5 Å². The average Bonchev–Trinajstić information content (AvgIpc) is 3.17. The molecule has 1 atom stereocenters. The van der Waals surface area contributed by atoms with Gasteiger partial charge >= 0.3 is 6.09 Å². The number of hydrogen-bond donors (Lipinski definition) is 2.